The molecule has 1 atom stereocenters. The third kappa shape index (κ3) is 4.26. The monoisotopic (exact) mass is 318 g/mol. The molecule has 0 saturated carbocycles. The molecule has 0 amide bonds. The van der Waals surface area contributed by atoms with Crippen LogP contribution in [0, 0.1) is 12.3 Å². The van der Waals surface area contributed by atoms with E-state index in [1.54, 1.807) is 0 Å². The third-order valence-electron chi connectivity index (χ3n) is 5.19. The van der Waals surface area contributed by atoms with E-state index in [0.29, 0.717) is 0 Å². The van der Waals surface area contributed by atoms with Crippen molar-refractivity contribution in [1.29, 1.82) is 0 Å². The summed E-state index contributed by atoms with van der Waals surface area (Å²) in [4.78, 5) is 0. The van der Waals surface area contributed by atoms with Crippen molar-refractivity contribution >= 4 is 0 Å². The van der Waals surface area contributed by atoms with Gasteiger partial charge in [-0.2, -0.15) is 0 Å². The van der Waals surface area contributed by atoms with E-state index in [9.17, 15) is 0 Å². The summed E-state index contributed by atoms with van der Waals surface area (Å²) in [6.07, 6.45) is 4.50. The van der Waals surface area contributed by atoms with E-state index in [2.05, 4.69) is 95.8 Å². The van der Waals surface area contributed by atoms with Crippen LogP contribution in [0.2, 0.25) is 0 Å². The smallest absolute Gasteiger partial charge is 0.00571 e. The van der Waals surface area contributed by atoms with Crippen molar-refractivity contribution in [3.8, 4) is 11.1 Å². The van der Waals surface area contributed by atoms with Gasteiger partial charge < -0.3 is 0 Å². The van der Waals surface area contributed by atoms with Gasteiger partial charge in [-0.15, -0.1) is 0 Å². The van der Waals surface area contributed by atoms with Gasteiger partial charge >= 0.3 is 0 Å². The highest BCUT2D eigenvalue weighted by Crippen LogP contribution is 2.33. The fourth-order valence-corrected chi connectivity index (χ4v) is 3.13. The van der Waals surface area contributed by atoms with Crippen molar-refractivity contribution in [3.63, 3.8) is 0 Å². The van der Waals surface area contributed by atoms with Gasteiger partial charge in [0.1, 0.15) is 0 Å². The van der Waals surface area contributed by atoms with Gasteiger partial charge in [0.15, 0.2) is 0 Å². The minimum absolute atomic E-state index is 0.0992. The molecule has 0 aromatic heterocycles. The second-order valence-electron chi connectivity index (χ2n) is 7.23. The van der Waals surface area contributed by atoms with Gasteiger partial charge in [-0.1, -0.05) is 86.2 Å². The van der Waals surface area contributed by atoms with E-state index in [0.717, 1.165) is 12.8 Å². The quantitative estimate of drug-likeness (QED) is 0.496. The Balaban J connectivity index is 2.23. The minimum Gasteiger partial charge on any atom is -0.0993 e. The topological polar surface area (TPSA) is 0 Å². The Morgan fingerprint density at radius 2 is 1.71 bits per heavy atom. The van der Waals surface area contributed by atoms with Crippen molar-refractivity contribution in [2.45, 2.75) is 47.5 Å². The molecule has 0 heterocycles. The molecule has 2 rings (SSSR count). The Kier molecular flexibility index (Phi) is 5.83. The zero-order valence-corrected chi connectivity index (χ0v) is 15.8. The standard InChI is InChI=1S/C24H30/c1-7-24(6,18(2)3)17-19(4)15-22-13-14-23(16-20(22)5)21-11-9-8-10-12-21/h8-14,16-17H,2,7,15H2,1,3-6H3/b19-17-. The first-order valence-corrected chi connectivity index (χ1v) is 8.85. The lowest BCUT2D eigenvalue weighted by Gasteiger charge is -2.26. The SMILES string of the molecule is C=C(C)C(C)(/C=C(/C)Cc1ccc(-c2ccccc2)cc1C)CC. The molecule has 2 aromatic rings. The number of aryl methyl sites for hydroxylation is 1. The fourth-order valence-electron chi connectivity index (χ4n) is 3.13. The Morgan fingerprint density at radius 1 is 1.04 bits per heavy atom. The van der Waals surface area contributed by atoms with Crippen LogP contribution in [0.3, 0.4) is 0 Å². The van der Waals surface area contributed by atoms with E-state index in [1.165, 1.54) is 33.4 Å². The molecule has 0 heteroatoms. The van der Waals surface area contributed by atoms with Crippen molar-refractivity contribution < 1.29 is 0 Å². The lowest BCUT2D eigenvalue weighted by atomic mass is 9.79. The number of rotatable bonds is 6. The first kappa shape index (κ1) is 18.3. The van der Waals surface area contributed by atoms with Gasteiger partial charge in [0.2, 0.25) is 0 Å². The Morgan fingerprint density at radius 3 is 2.25 bits per heavy atom. The van der Waals surface area contributed by atoms with Crippen molar-refractivity contribution in [2.24, 2.45) is 5.41 Å². The maximum atomic E-state index is 4.18. The molecule has 0 aliphatic carbocycles. The van der Waals surface area contributed by atoms with Crippen LogP contribution in [0.1, 0.15) is 45.2 Å². The molecule has 0 spiro atoms. The van der Waals surface area contributed by atoms with Crippen LogP contribution in [0.25, 0.3) is 11.1 Å². The molecular weight excluding hydrogens is 288 g/mol. The van der Waals surface area contributed by atoms with Crippen LogP contribution in [-0.2, 0) is 6.42 Å². The Labute approximate surface area is 147 Å². The van der Waals surface area contributed by atoms with E-state index >= 15 is 0 Å². The molecule has 0 saturated heterocycles. The zero-order valence-electron chi connectivity index (χ0n) is 15.8. The molecule has 24 heavy (non-hydrogen) atoms. The van der Waals surface area contributed by atoms with Crippen molar-refractivity contribution in [1.82, 2.24) is 0 Å². The van der Waals surface area contributed by atoms with Crippen molar-refractivity contribution in [3.05, 3.63) is 83.5 Å². The van der Waals surface area contributed by atoms with Crippen LogP contribution >= 0.6 is 0 Å². The number of hydrogen-bond acceptors (Lipinski definition) is 0. The van der Waals surface area contributed by atoms with Gasteiger partial charge in [0, 0.05) is 5.41 Å². The van der Waals surface area contributed by atoms with Crippen LogP contribution in [0.15, 0.2) is 72.3 Å². The summed E-state index contributed by atoms with van der Waals surface area (Å²) in [5, 5.41) is 0. The normalized spacial score (nSPS) is 14.3. The average molecular weight is 319 g/mol. The first-order chi connectivity index (χ1) is 11.4. The molecule has 0 aliphatic rings. The third-order valence-corrected chi connectivity index (χ3v) is 5.19. The molecule has 0 bridgehead atoms. The zero-order chi connectivity index (χ0) is 17.7. The molecule has 1 unspecified atom stereocenters. The number of benzene rings is 2. The van der Waals surface area contributed by atoms with Gasteiger partial charge in [-0.05, 0) is 55.9 Å². The first-order valence-electron chi connectivity index (χ1n) is 8.85. The summed E-state index contributed by atoms with van der Waals surface area (Å²) >= 11 is 0. The highest BCUT2D eigenvalue weighted by molar-refractivity contribution is 5.64. The summed E-state index contributed by atoms with van der Waals surface area (Å²) in [7, 11) is 0. The van der Waals surface area contributed by atoms with Crippen LogP contribution in [0.4, 0.5) is 0 Å². The van der Waals surface area contributed by atoms with E-state index in [4.69, 9.17) is 0 Å². The molecule has 126 valence electrons. The minimum atomic E-state index is 0.0992. The summed E-state index contributed by atoms with van der Waals surface area (Å²) in [5.41, 5.74) is 8.08. The second-order valence-corrected chi connectivity index (χ2v) is 7.23. The van der Waals surface area contributed by atoms with Gasteiger partial charge in [-0.3, -0.25) is 0 Å². The molecule has 2 aromatic carbocycles. The largest absolute Gasteiger partial charge is 0.0993 e. The second kappa shape index (κ2) is 7.66. The predicted molar refractivity (Wildman–Crippen MR) is 107 cm³/mol. The highest BCUT2D eigenvalue weighted by atomic mass is 14.2. The maximum absolute atomic E-state index is 4.18. The van der Waals surface area contributed by atoms with Gasteiger partial charge in [0.25, 0.3) is 0 Å². The van der Waals surface area contributed by atoms with E-state index in [1.807, 2.05) is 0 Å². The van der Waals surface area contributed by atoms with Crippen LogP contribution < -0.4 is 0 Å². The summed E-state index contributed by atoms with van der Waals surface area (Å²) in [5.74, 6) is 0. The van der Waals surface area contributed by atoms with Crippen LogP contribution in [-0.4, -0.2) is 0 Å². The Hall–Kier alpha value is -2.08. The summed E-state index contributed by atoms with van der Waals surface area (Å²) in [6, 6.07) is 17.4. The molecule has 0 N–H and O–H groups in total. The molecule has 0 aliphatic heterocycles. The molecule has 0 radical (unpaired) electrons. The van der Waals surface area contributed by atoms with Crippen molar-refractivity contribution in [2.75, 3.05) is 0 Å². The molecule has 0 fully saturated rings. The Bertz CT molecular complexity index is 734. The number of hydrogen-bond donors (Lipinski definition) is 0. The summed E-state index contributed by atoms with van der Waals surface area (Å²) < 4.78 is 0. The fraction of sp³-hybridized carbons (Fsp3) is 0.333. The van der Waals surface area contributed by atoms with Gasteiger partial charge in [-0.25, -0.2) is 0 Å². The van der Waals surface area contributed by atoms with E-state index in [-0.39, 0.29) is 5.41 Å². The lowest BCUT2D eigenvalue weighted by molar-refractivity contribution is 0.492. The highest BCUT2D eigenvalue weighted by Gasteiger charge is 2.20. The molecule has 0 nitrogen and oxygen atoms in total. The lowest BCUT2D eigenvalue weighted by Crippen LogP contribution is -2.13. The van der Waals surface area contributed by atoms with Gasteiger partial charge in [0.05, 0.1) is 0 Å². The number of allylic oxidation sites excluding steroid dienone is 3. The maximum Gasteiger partial charge on any atom is 0.00571 e. The predicted octanol–water partition coefficient (Wildman–Crippen LogP) is 7.14. The van der Waals surface area contributed by atoms with E-state index < -0.39 is 0 Å². The average Bonchev–Trinajstić information content (AvgIpc) is 2.57. The van der Waals surface area contributed by atoms with Crippen LogP contribution in [0.5, 0.6) is 0 Å². The molecular formula is C24H30. The summed E-state index contributed by atoms with van der Waals surface area (Å²) in [6.45, 7) is 15.3.